The highest BCUT2D eigenvalue weighted by Crippen LogP contribution is 1.89. The smallest absolute Gasteiger partial charge is 0.393 e. The van der Waals surface area contributed by atoms with Gasteiger partial charge in [-0.3, -0.25) is 0 Å². The molecule has 2 atom stereocenters. The van der Waals surface area contributed by atoms with E-state index in [1.807, 2.05) is 0 Å². The number of carbonyl (C=O) groups excluding carboxylic acids is 4. The highest BCUT2D eigenvalue weighted by molar-refractivity contribution is 5.89. The lowest BCUT2D eigenvalue weighted by Gasteiger charge is -2.09. The molecular formula is C8H12N2O10. The van der Waals surface area contributed by atoms with Crippen LogP contribution in [0.2, 0.25) is 0 Å². The van der Waals surface area contributed by atoms with Gasteiger partial charge in [0.15, 0.2) is 12.2 Å². The normalized spacial score (nSPS) is 12.8. The summed E-state index contributed by atoms with van der Waals surface area (Å²) in [6, 6.07) is 0. The zero-order valence-electron chi connectivity index (χ0n) is 9.81. The van der Waals surface area contributed by atoms with Crippen LogP contribution in [-0.2, 0) is 19.1 Å². The van der Waals surface area contributed by atoms with Crippen LogP contribution in [-0.4, -0.2) is 70.0 Å². The SMILES string of the molecule is O=C(NNC(=O)OC(=O)C(O)CO)OC(=O)C(O)CO. The molecule has 0 radical (unpaired) electrons. The van der Waals surface area contributed by atoms with Crippen molar-refractivity contribution in [2.45, 2.75) is 12.2 Å². The molecule has 6 N–H and O–H groups in total. The largest absolute Gasteiger partial charge is 0.433 e. The Balaban J connectivity index is 4.04. The molecule has 0 aromatic carbocycles. The summed E-state index contributed by atoms with van der Waals surface area (Å²) >= 11 is 0. The third-order valence-electron chi connectivity index (χ3n) is 1.54. The minimum Gasteiger partial charge on any atom is -0.393 e. The van der Waals surface area contributed by atoms with E-state index < -0.39 is 49.5 Å². The molecule has 114 valence electrons. The molecule has 0 saturated heterocycles. The van der Waals surface area contributed by atoms with Gasteiger partial charge >= 0.3 is 24.1 Å². The van der Waals surface area contributed by atoms with E-state index in [1.165, 1.54) is 10.9 Å². The second kappa shape index (κ2) is 8.76. The minimum atomic E-state index is -1.94. The quantitative estimate of drug-likeness (QED) is 0.170. The minimum absolute atomic E-state index is 0.977. The highest BCUT2D eigenvalue weighted by Gasteiger charge is 2.21. The maximum absolute atomic E-state index is 10.9. The molecule has 0 aromatic rings. The van der Waals surface area contributed by atoms with Crippen LogP contribution in [0, 0.1) is 0 Å². The second-order valence-corrected chi connectivity index (χ2v) is 3.06. The number of hydrogen-bond acceptors (Lipinski definition) is 10. The lowest BCUT2D eigenvalue weighted by molar-refractivity contribution is -0.150. The van der Waals surface area contributed by atoms with Crippen molar-refractivity contribution in [2.24, 2.45) is 0 Å². The average Bonchev–Trinajstić information content (AvgIpc) is 2.42. The Morgan fingerprint density at radius 3 is 1.35 bits per heavy atom. The molecule has 0 aliphatic rings. The van der Waals surface area contributed by atoms with E-state index >= 15 is 0 Å². The van der Waals surface area contributed by atoms with E-state index in [0.29, 0.717) is 0 Å². The van der Waals surface area contributed by atoms with E-state index in [9.17, 15) is 19.2 Å². The van der Waals surface area contributed by atoms with Crippen LogP contribution in [0.5, 0.6) is 0 Å². The van der Waals surface area contributed by atoms with Gasteiger partial charge in [-0.2, -0.15) is 0 Å². The van der Waals surface area contributed by atoms with E-state index in [-0.39, 0.29) is 0 Å². The maximum Gasteiger partial charge on any atom is 0.433 e. The number of aliphatic hydroxyl groups excluding tert-OH is 4. The Bertz CT molecular complexity index is 347. The zero-order valence-corrected chi connectivity index (χ0v) is 9.81. The molecule has 2 unspecified atom stereocenters. The van der Waals surface area contributed by atoms with Gasteiger partial charge in [-0.15, -0.1) is 0 Å². The molecule has 0 spiro atoms. The first-order valence-electron chi connectivity index (χ1n) is 4.93. The topological polar surface area (TPSA) is 192 Å². The van der Waals surface area contributed by atoms with Crippen LogP contribution < -0.4 is 10.9 Å². The van der Waals surface area contributed by atoms with Gasteiger partial charge in [0.2, 0.25) is 0 Å². The predicted octanol–water partition coefficient (Wildman–Crippen LogP) is -3.89. The first-order chi connectivity index (χ1) is 9.31. The van der Waals surface area contributed by atoms with Crippen LogP contribution in [0.1, 0.15) is 0 Å². The molecule has 0 saturated carbocycles. The van der Waals surface area contributed by atoms with Crippen molar-refractivity contribution in [3.8, 4) is 0 Å². The van der Waals surface area contributed by atoms with Crippen LogP contribution in [0.15, 0.2) is 0 Å². The summed E-state index contributed by atoms with van der Waals surface area (Å²) in [6.07, 6.45) is -6.94. The fraction of sp³-hybridized carbons (Fsp3) is 0.500. The Morgan fingerprint density at radius 2 is 1.10 bits per heavy atom. The van der Waals surface area contributed by atoms with E-state index in [2.05, 4.69) is 9.47 Å². The van der Waals surface area contributed by atoms with Crippen LogP contribution in [0.25, 0.3) is 0 Å². The van der Waals surface area contributed by atoms with E-state index in [1.54, 1.807) is 0 Å². The molecular weight excluding hydrogens is 284 g/mol. The lowest BCUT2D eigenvalue weighted by Crippen LogP contribution is -2.45. The van der Waals surface area contributed by atoms with Crippen molar-refractivity contribution in [2.75, 3.05) is 13.2 Å². The third kappa shape index (κ3) is 6.60. The summed E-state index contributed by atoms with van der Waals surface area (Å²) in [6.45, 7) is -1.95. The zero-order chi connectivity index (χ0) is 15.7. The Kier molecular flexibility index (Phi) is 7.76. The van der Waals surface area contributed by atoms with Crippen molar-refractivity contribution in [3.05, 3.63) is 0 Å². The molecule has 0 aliphatic heterocycles. The molecule has 0 bridgehead atoms. The lowest BCUT2D eigenvalue weighted by atomic mass is 10.4. The van der Waals surface area contributed by atoms with Crippen molar-refractivity contribution in [3.63, 3.8) is 0 Å². The average molecular weight is 296 g/mol. The number of aliphatic hydroxyl groups is 4. The summed E-state index contributed by atoms with van der Waals surface area (Å²) in [5.74, 6) is -2.96. The molecule has 12 nitrogen and oxygen atoms in total. The van der Waals surface area contributed by atoms with Crippen molar-refractivity contribution in [1.82, 2.24) is 10.9 Å². The summed E-state index contributed by atoms with van der Waals surface area (Å²) < 4.78 is 7.77. The number of rotatable bonds is 4. The van der Waals surface area contributed by atoms with Crippen molar-refractivity contribution in [1.29, 1.82) is 0 Å². The van der Waals surface area contributed by atoms with Gasteiger partial charge in [-0.25, -0.2) is 30.0 Å². The van der Waals surface area contributed by atoms with Gasteiger partial charge in [0.1, 0.15) is 0 Å². The fourth-order valence-corrected chi connectivity index (χ4v) is 0.621. The molecule has 0 fully saturated rings. The Morgan fingerprint density at radius 1 is 0.800 bits per heavy atom. The van der Waals surface area contributed by atoms with E-state index in [4.69, 9.17) is 20.4 Å². The second-order valence-electron chi connectivity index (χ2n) is 3.06. The Labute approximate surface area is 110 Å². The van der Waals surface area contributed by atoms with E-state index in [0.717, 1.165) is 0 Å². The number of ether oxygens (including phenoxy) is 2. The molecule has 12 heteroatoms. The first kappa shape index (κ1) is 17.7. The van der Waals surface area contributed by atoms with Gasteiger partial charge in [-0.1, -0.05) is 0 Å². The molecule has 2 amide bonds. The molecule has 0 heterocycles. The number of hydrazine groups is 1. The monoisotopic (exact) mass is 296 g/mol. The van der Waals surface area contributed by atoms with Gasteiger partial charge in [-0.05, 0) is 0 Å². The summed E-state index contributed by atoms with van der Waals surface area (Å²) in [7, 11) is 0. The number of carbonyl (C=O) groups is 4. The molecule has 0 rings (SSSR count). The van der Waals surface area contributed by atoms with Crippen LogP contribution in [0.4, 0.5) is 9.59 Å². The fourth-order valence-electron chi connectivity index (χ4n) is 0.621. The van der Waals surface area contributed by atoms with Crippen LogP contribution in [0.3, 0.4) is 0 Å². The standard InChI is InChI=1S/C8H12N2O10/c11-1-3(13)5(15)19-7(17)9-10-8(18)20-6(16)4(14)2-12/h3-4,11-14H,1-2H2,(H,9,17)(H,10,18). The summed E-state index contributed by atoms with van der Waals surface area (Å²) in [5, 5.41) is 34.2. The number of esters is 2. The van der Waals surface area contributed by atoms with Crippen molar-refractivity contribution >= 4 is 24.1 Å². The predicted molar refractivity (Wildman–Crippen MR) is 55.4 cm³/mol. The van der Waals surface area contributed by atoms with Crippen LogP contribution >= 0.6 is 0 Å². The van der Waals surface area contributed by atoms with Gasteiger partial charge in [0.05, 0.1) is 13.2 Å². The maximum atomic E-state index is 10.9. The Hall–Kier alpha value is -2.28. The highest BCUT2D eigenvalue weighted by atomic mass is 16.6. The van der Waals surface area contributed by atoms with Crippen molar-refractivity contribution < 1.29 is 49.1 Å². The van der Waals surface area contributed by atoms with Gasteiger partial charge in [0, 0.05) is 0 Å². The number of amides is 2. The third-order valence-corrected chi connectivity index (χ3v) is 1.54. The molecule has 20 heavy (non-hydrogen) atoms. The summed E-state index contributed by atoms with van der Waals surface area (Å²) in [5.41, 5.74) is 2.92. The summed E-state index contributed by atoms with van der Waals surface area (Å²) in [4.78, 5) is 43.3. The molecule has 0 aromatic heterocycles. The van der Waals surface area contributed by atoms with Gasteiger partial charge < -0.3 is 29.9 Å². The molecule has 0 aliphatic carbocycles. The van der Waals surface area contributed by atoms with Gasteiger partial charge in [0.25, 0.3) is 0 Å². The number of hydrogen-bond donors (Lipinski definition) is 6. The number of nitrogens with one attached hydrogen (secondary N) is 2. The first-order valence-corrected chi connectivity index (χ1v) is 4.93.